The van der Waals surface area contributed by atoms with E-state index in [2.05, 4.69) is 26.2 Å². The number of hydrogen-bond acceptors (Lipinski definition) is 2. The van der Waals surface area contributed by atoms with Gasteiger partial charge in [0.05, 0.1) is 16.6 Å². The quantitative estimate of drug-likeness (QED) is 0.332. The number of nitrogens with one attached hydrogen (secondary N) is 1. The molecule has 0 heterocycles. The van der Waals surface area contributed by atoms with Crippen molar-refractivity contribution in [2.45, 2.75) is 6.42 Å². The minimum absolute atomic E-state index is 0. The van der Waals surface area contributed by atoms with E-state index in [0.717, 1.165) is 11.3 Å². The molecule has 3 N–H and O–H groups in total. The monoisotopic (exact) mass is 527 g/mol. The third kappa shape index (κ3) is 6.10. The highest BCUT2D eigenvalue weighted by Crippen LogP contribution is 2.27. The van der Waals surface area contributed by atoms with Gasteiger partial charge in [0.25, 0.3) is 0 Å². The lowest BCUT2D eigenvalue weighted by Crippen LogP contribution is -2.23. The van der Waals surface area contributed by atoms with Crippen LogP contribution in [0, 0.1) is 5.82 Å². The molecular weight excluding hydrogens is 511 g/mol. The first kappa shape index (κ1) is 21.0. The van der Waals surface area contributed by atoms with Gasteiger partial charge in [-0.15, -0.1) is 24.0 Å². The maximum atomic E-state index is 13.2. The molecule has 0 unspecified atom stereocenters. The summed E-state index contributed by atoms with van der Waals surface area (Å²) in [4.78, 5) is 4.24. The van der Waals surface area contributed by atoms with Crippen molar-refractivity contribution in [2.24, 2.45) is 10.7 Å². The Kier molecular flexibility index (Phi) is 8.79. The van der Waals surface area contributed by atoms with Gasteiger partial charge in [-0.25, -0.2) is 4.39 Å². The number of hydrogen-bond donors (Lipinski definition) is 2. The van der Waals surface area contributed by atoms with Crippen LogP contribution < -0.4 is 15.8 Å². The second kappa shape index (κ2) is 10.0. The molecule has 0 aliphatic rings. The zero-order valence-electron chi connectivity index (χ0n) is 12.9. The van der Waals surface area contributed by atoms with Crippen molar-refractivity contribution in [1.82, 2.24) is 0 Å². The summed E-state index contributed by atoms with van der Waals surface area (Å²) < 4.78 is 18.7. The van der Waals surface area contributed by atoms with Crippen molar-refractivity contribution in [2.75, 3.05) is 19.0 Å². The fraction of sp³-hybridized carbons (Fsp3) is 0.188. The van der Waals surface area contributed by atoms with Gasteiger partial charge >= 0.3 is 0 Å². The molecular formula is C16H17BrClFIN3O. The second-order valence-corrected chi connectivity index (χ2v) is 6.00. The van der Waals surface area contributed by atoms with Gasteiger partial charge in [0, 0.05) is 12.2 Å². The standard InChI is InChI=1S/C16H16BrClFN3O.HI/c1-23-15-5-3-11(9-13(15)18)22-16(20)21-7-6-10-2-4-14(19)12(17)8-10;/h2-5,8-9H,6-7H2,1H3,(H3,20,21,22);1H. The molecule has 0 atom stereocenters. The third-order valence-electron chi connectivity index (χ3n) is 3.09. The van der Waals surface area contributed by atoms with Crippen LogP contribution in [0.3, 0.4) is 0 Å². The number of anilines is 1. The van der Waals surface area contributed by atoms with E-state index in [1.165, 1.54) is 6.07 Å². The molecule has 130 valence electrons. The maximum Gasteiger partial charge on any atom is 0.193 e. The van der Waals surface area contributed by atoms with Crippen LogP contribution in [0.1, 0.15) is 5.56 Å². The first-order valence-electron chi connectivity index (χ1n) is 6.84. The number of rotatable bonds is 5. The zero-order chi connectivity index (χ0) is 16.8. The summed E-state index contributed by atoms with van der Waals surface area (Å²) in [5.74, 6) is 0.594. The highest BCUT2D eigenvalue weighted by Gasteiger charge is 2.03. The lowest BCUT2D eigenvalue weighted by Gasteiger charge is -2.08. The first-order chi connectivity index (χ1) is 11.0. The molecule has 0 spiro atoms. The summed E-state index contributed by atoms with van der Waals surface area (Å²) in [7, 11) is 1.55. The summed E-state index contributed by atoms with van der Waals surface area (Å²) in [6.45, 7) is 0.487. The largest absolute Gasteiger partial charge is 0.495 e. The molecule has 0 bridgehead atoms. The number of aliphatic imine (C=N–C) groups is 1. The van der Waals surface area contributed by atoms with Crippen LogP contribution in [0.15, 0.2) is 45.9 Å². The zero-order valence-corrected chi connectivity index (χ0v) is 17.5. The van der Waals surface area contributed by atoms with Gasteiger partial charge in [-0.1, -0.05) is 17.7 Å². The van der Waals surface area contributed by atoms with Crippen LogP contribution in [0.2, 0.25) is 5.02 Å². The van der Waals surface area contributed by atoms with Gasteiger partial charge in [-0.3, -0.25) is 4.99 Å². The van der Waals surface area contributed by atoms with Gasteiger partial charge < -0.3 is 15.8 Å². The Bertz CT molecular complexity index is 730. The Labute approximate surface area is 170 Å². The van der Waals surface area contributed by atoms with Crippen molar-refractivity contribution in [3.63, 3.8) is 0 Å². The molecule has 24 heavy (non-hydrogen) atoms. The van der Waals surface area contributed by atoms with Crippen molar-refractivity contribution in [1.29, 1.82) is 0 Å². The predicted molar refractivity (Wildman–Crippen MR) is 111 cm³/mol. The van der Waals surface area contributed by atoms with E-state index in [0.29, 0.717) is 28.2 Å². The Morgan fingerprint density at radius 1 is 1.33 bits per heavy atom. The molecule has 0 saturated heterocycles. The number of halogens is 4. The van der Waals surface area contributed by atoms with Crippen LogP contribution in [0.4, 0.5) is 10.1 Å². The second-order valence-electron chi connectivity index (χ2n) is 4.74. The molecule has 0 aliphatic heterocycles. The molecule has 0 aliphatic carbocycles. The van der Waals surface area contributed by atoms with Gasteiger partial charge in [0.15, 0.2) is 5.96 Å². The van der Waals surface area contributed by atoms with Crippen molar-refractivity contribution in [3.8, 4) is 5.75 Å². The van der Waals surface area contributed by atoms with Crippen LogP contribution >= 0.6 is 51.5 Å². The number of nitrogens with zero attached hydrogens (tertiary/aromatic N) is 1. The van der Waals surface area contributed by atoms with E-state index in [-0.39, 0.29) is 35.8 Å². The number of nitrogens with two attached hydrogens (primary N) is 1. The molecule has 8 heteroatoms. The van der Waals surface area contributed by atoms with Gasteiger partial charge in [-0.05, 0) is 58.2 Å². The highest BCUT2D eigenvalue weighted by molar-refractivity contribution is 14.0. The molecule has 0 radical (unpaired) electrons. The first-order valence-corrected chi connectivity index (χ1v) is 8.01. The lowest BCUT2D eigenvalue weighted by molar-refractivity contribution is 0.415. The fourth-order valence-electron chi connectivity index (χ4n) is 1.93. The maximum absolute atomic E-state index is 13.2. The molecule has 0 aromatic heterocycles. The minimum Gasteiger partial charge on any atom is -0.495 e. The smallest absolute Gasteiger partial charge is 0.193 e. The van der Waals surface area contributed by atoms with Gasteiger partial charge in [-0.2, -0.15) is 0 Å². The van der Waals surface area contributed by atoms with Crippen molar-refractivity contribution < 1.29 is 9.13 Å². The van der Waals surface area contributed by atoms with Crippen molar-refractivity contribution in [3.05, 3.63) is 57.3 Å². The van der Waals surface area contributed by atoms with Crippen LogP contribution in [0.5, 0.6) is 5.75 Å². The van der Waals surface area contributed by atoms with Gasteiger partial charge in [0.1, 0.15) is 11.6 Å². The van der Waals surface area contributed by atoms with Crippen LogP contribution in [-0.4, -0.2) is 19.6 Å². The Balaban J connectivity index is 0.00000288. The van der Waals surface area contributed by atoms with E-state index < -0.39 is 0 Å². The van der Waals surface area contributed by atoms with E-state index in [1.54, 1.807) is 37.4 Å². The molecule has 2 aromatic rings. The van der Waals surface area contributed by atoms with Crippen LogP contribution in [0.25, 0.3) is 0 Å². The predicted octanol–water partition coefficient (Wildman–Crippen LogP) is 4.84. The number of methoxy groups -OCH3 is 1. The number of guanidine groups is 1. The van der Waals surface area contributed by atoms with Gasteiger partial charge in [0.2, 0.25) is 0 Å². The van der Waals surface area contributed by atoms with Crippen LogP contribution in [-0.2, 0) is 6.42 Å². The summed E-state index contributed by atoms with van der Waals surface area (Å²) in [6.07, 6.45) is 0.657. The minimum atomic E-state index is -0.283. The third-order valence-corrected chi connectivity index (χ3v) is 3.99. The molecule has 4 nitrogen and oxygen atoms in total. The SMILES string of the molecule is COc1ccc(NC(N)=NCCc2ccc(F)c(Br)c2)cc1Cl.I. The average molecular weight is 529 g/mol. The van der Waals surface area contributed by atoms with E-state index >= 15 is 0 Å². The lowest BCUT2D eigenvalue weighted by atomic mass is 10.1. The summed E-state index contributed by atoms with van der Waals surface area (Å²) in [6, 6.07) is 10.1. The van der Waals surface area contributed by atoms with Crippen molar-refractivity contribution >= 4 is 63.2 Å². The molecule has 2 aromatic carbocycles. The normalized spacial score (nSPS) is 10.9. The topological polar surface area (TPSA) is 59.6 Å². The Morgan fingerprint density at radius 2 is 2.08 bits per heavy atom. The highest BCUT2D eigenvalue weighted by atomic mass is 127. The van der Waals surface area contributed by atoms with E-state index in [9.17, 15) is 4.39 Å². The number of ether oxygens (including phenoxy) is 1. The summed E-state index contributed by atoms with van der Waals surface area (Å²) >= 11 is 9.20. The molecule has 0 saturated carbocycles. The molecule has 0 fully saturated rings. The summed E-state index contributed by atoms with van der Waals surface area (Å²) in [5.41, 5.74) is 7.54. The summed E-state index contributed by atoms with van der Waals surface area (Å²) in [5, 5.41) is 3.45. The fourth-order valence-corrected chi connectivity index (χ4v) is 2.62. The van der Waals surface area contributed by atoms with E-state index in [4.69, 9.17) is 22.1 Å². The average Bonchev–Trinajstić information content (AvgIpc) is 2.51. The molecule has 0 amide bonds. The Morgan fingerprint density at radius 3 is 2.71 bits per heavy atom. The van der Waals surface area contributed by atoms with E-state index in [1.807, 2.05) is 0 Å². The number of benzene rings is 2. The Hall–Kier alpha value is -1.06. The molecule has 2 rings (SSSR count).